The fraction of sp³-hybridized carbons (Fsp3) is 0.333. The van der Waals surface area contributed by atoms with Gasteiger partial charge < -0.3 is 24.2 Å². The zero-order chi connectivity index (χ0) is 29.5. The van der Waals surface area contributed by atoms with Crippen LogP contribution in [0.2, 0.25) is 0 Å². The summed E-state index contributed by atoms with van der Waals surface area (Å²) < 4.78 is 17.3. The zero-order valence-electron chi connectivity index (χ0n) is 24.4. The van der Waals surface area contributed by atoms with Crippen molar-refractivity contribution in [1.29, 1.82) is 0 Å². The van der Waals surface area contributed by atoms with E-state index in [-0.39, 0.29) is 16.7 Å². The number of aliphatic hydroxyl groups is 1. The van der Waals surface area contributed by atoms with Gasteiger partial charge in [0, 0.05) is 42.7 Å². The maximum atomic E-state index is 13.7. The van der Waals surface area contributed by atoms with Crippen LogP contribution in [-0.4, -0.2) is 50.7 Å². The van der Waals surface area contributed by atoms with Crippen molar-refractivity contribution < 1.29 is 28.9 Å². The number of ether oxygens (including phenoxy) is 3. The molecule has 1 fully saturated rings. The number of anilines is 2. The van der Waals surface area contributed by atoms with Gasteiger partial charge in [-0.25, -0.2) is 0 Å². The summed E-state index contributed by atoms with van der Waals surface area (Å²) in [7, 11) is 3.88. The lowest BCUT2D eigenvalue weighted by Crippen LogP contribution is -2.29. The number of Topliss-reactive ketones (excluding diaryl/α,β-unsaturated/α-hetero) is 1. The summed E-state index contributed by atoms with van der Waals surface area (Å²) >= 11 is 0. The lowest BCUT2D eigenvalue weighted by atomic mass is 9.84. The van der Waals surface area contributed by atoms with Crippen LogP contribution in [0.1, 0.15) is 50.4 Å². The lowest BCUT2D eigenvalue weighted by molar-refractivity contribution is -0.132. The SMILES string of the molecule is CCOc1ccc(/C(O)=C2\C(=O)C(=O)N(c3ccc4c(c3)OCCO4)C2c2ccc(N(C)C)cc2)cc1C(C)(C)C. The van der Waals surface area contributed by atoms with E-state index in [4.69, 9.17) is 14.2 Å². The summed E-state index contributed by atoms with van der Waals surface area (Å²) in [4.78, 5) is 30.8. The minimum Gasteiger partial charge on any atom is -0.507 e. The van der Waals surface area contributed by atoms with Crippen molar-refractivity contribution in [2.75, 3.05) is 43.7 Å². The number of ketones is 1. The highest BCUT2D eigenvalue weighted by molar-refractivity contribution is 6.51. The Kier molecular flexibility index (Phi) is 7.43. The van der Waals surface area contributed by atoms with Crippen LogP contribution >= 0.6 is 0 Å². The molecular formula is C33H36N2O6. The Morgan fingerprint density at radius 3 is 2.29 bits per heavy atom. The summed E-state index contributed by atoms with van der Waals surface area (Å²) in [6.07, 6.45) is 0. The minimum absolute atomic E-state index is 0.0199. The molecule has 0 saturated carbocycles. The van der Waals surface area contributed by atoms with Gasteiger partial charge in [0.25, 0.3) is 11.7 Å². The number of nitrogens with zero attached hydrogens (tertiary/aromatic N) is 2. The van der Waals surface area contributed by atoms with Gasteiger partial charge in [0.15, 0.2) is 11.5 Å². The molecule has 214 valence electrons. The Morgan fingerprint density at radius 1 is 0.976 bits per heavy atom. The Bertz CT molecular complexity index is 1520. The number of carbonyl (C=O) groups excluding carboxylic acids is 2. The van der Waals surface area contributed by atoms with Crippen LogP contribution in [0.25, 0.3) is 5.76 Å². The first-order valence-electron chi connectivity index (χ1n) is 13.8. The van der Waals surface area contributed by atoms with E-state index in [1.165, 1.54) is 4.90 Å². The molecule has 3 aromatic carbocycles. The molecule has 0 aliphatic carbocycles. The third-order valence-electron chi connectivity index (χ3n) is 7.33. The normalized spacial score (nSPS) is 18.0. The molecule has 0 aromatic heterocycles. The number of amides is 1. The van der Waals surface area contributed by atoms with Gasteiger partial charge >= 0.3 is 0 Å². The first-order valence-corrected chi connectivity index (χ1v) is 13.8. The molecule has 3 aromatic rings. The van der Waals surface area contributed by atoms with Crippen LogP contribution in [0.4, 0.5) is 11.4 Å². The smallest absolute Gasteiger partial charge is 0.300 e. The third-order valence-corrected chi connectivity index (χ3v) is 7.33. The number of hydrogen-bond donors (Lipinski definition) is 1. The first-order chi connectivity index (χ1) is 19.5. The topological polar surface area (TPSA) is 88.5 Å². The van der Waals surface area contributed by atoms with E-state index in [2.05, 4.69) is 20.8 Å². The van der Waals surface area contributed by atoms with Gasteiger partial charge in [0.1, 0.15) is 24.7 Å². The number of hydrogen-bond acceptors (Lipinski definition) is 7. The molecule has 5 rings (SSSR count). The van der Waals surface area contributed by atoms with Gasteiger partial charge in [-0.1, -0.05) is 32.9 Å². The molecule has 1 N–H and O–H groups in total. The Morgan fingerprint density at radius 2 is 1.66 bits per heavy atom. The van der Waals surface area contributed by atoms with Crippen molar-refractivity contribution in [2.45, 2.75) is 39.2 Å². The van der Waals surface area contributed by atoms with Crippen LogP contribution in [0.15, 0.2) is 66.2 Å². The van der Waals surface area contributed by atoms with Gasteiger partial charge in [0.05, 0.1) is 18.2 Å². The van der Waals surface area contributed by atoms with E-state index in [9.17, 15) is 14.7 Å². The lowest BCUT2D eigenvalue weighted by Gasteiger charge is -2.28. The van der Waals surface area contributed by atoms with E-state index >= 15 is 0 Å². The van der Waals surface area contributed by atoms with Crippen molar-refractivity contribution >= 4 is 28.8 Å². The third kappa shape index (κ3) is 5.22. The Balaban J connectivity index is 1.69. The largest absolute Gasteiger partial charge is 0.507 e. The van der Waals surface area contributed by atoms with Crippen molar-refractivity contribution in [1.82, 2.24) is 0 Å². The van der Waals surface area contributed by atoms with E-state index < -0.39 is 17.7 Å². The predicted molar refractivity (Wildman–Crippen MR) is 159 cm³/mol. The minimum atomic E-state index is -0.863. The van der Waals surface area contributed by atoms with Gasteiger partial charge in [-0.2, -0.15) is 0 Å². The van der Waals surface area contributed by atoms with Crippen LogP contribution in [0.5, 0.6) is 17.2 Å². The highest BCUT2D eigenvalue weighted by atomic mass is 16.6. The van der Waals surface area contributed by atoms with E-state index in [1.807, 2.05) is 56.3 Å². The average molecular weight is 557 g/mol. The molecule has 0 spiro atoms. The van der Waals surface area contributed by atoms with Crippen LogP contribution in [0, 0.1) is 0 Å². The Hall–Kier alpha value is -4.46. The highest BCUT2D eigenvalue weighted by Gasteiger charge is 2.47. The van der Waals surface area contributed by atoms with E-state index in [1.54, 1.807) is 30.3 Å². The van der Waals surface area contributed by atoms with Crippen LogP contribution in [-0.2, 0) is 15.0 Å². The van der Waals surface area contributed by atoms with Gasteiger partial charge in [-0.3, -0.25) is 14.5 Å². The molecule has 2 aliphatic rings. The molecule has 8 nitrogen and oxygen atoms in total. The first kappa shape index (κ1) is 28.1. The second-order valence-corrected chi connectivity index (χ2v) is 11.4. The quantitative estimate of drug-likeness (QED) is 0.232. The summed E-state index contributed by atoms with van der Waals surface area (Å²) in [6.45, 7) is 9.41. The summed E-state index contributed by atoms with van der Waals surface area (Å²) in [5.41, 5.74) is 3.18. The molecule has 2 aliphatic heterocycles. The Labute approximate surface area is 240 Å². The molecule has 2 heterocycles. The number of fused-ring (bicyclic) bond motifs is 1. The maximum Gasteiger partial charge on any atom is 0.300 e. The molecule has 1 saturated heterocycles. The van der Waals surface area contributed by atoms with Gasteiger partial charge in [0.2, 0.25) is 0 Å². The maximum absolute atomic E-state index is 13.7. The number of carbonyl (C=O) groups is 2. The summed E-state index contributed by atoms with van der Waals surface area (Å²) in [5, 5.41) is 11.7. The molecule has 0 bridgehead atoms. The monoisotopic (exact) mass is 556 g/mol. The molecule has 1 unspecified atom stereocenters. The van der Waals surface area contributed by atoms with Gasteiger partial charge in [-0.15, -0.1) is 0 Å². The highest BCUT2D eigenvalue weighted by Crippen LogP contribution is 2.45. The average Bonchev–Trinajstić information content (AvgIpc) is 3.22. The number of aliphatic hydroxyl groups excluding tert-OH is 1. The van der Waals surface area contributed by atoms with Crippen LogP contribution in [0.3, 0.4) is 0 Å². The molecular weight excluding hydrogens is 520 g/mol. The second kappa shape index (κ2) is 10.8. The van der Waals surface area contributed by atoms with Crippen molar-refractivity contribution in [3.8, 4) is 17.2 Å². The standard InChI is InChI=1S/C33H36N2O6/c1-7-39-25-14-10-21(18-24(25)33(2,3)4)30(36)28-29(20-8-11-22(12-9-20)34(5)6)35(32(38)31(28)37)23-13-15-26-27(19-23)41-17-16-40-26/h8-15,18-19,29,36H,7,16-17H2,1-6H3/b30-28+. The molecule has 1 atom stereocenters. The fourth-order valence-electron chi connectivity index (χ4n) is 5.25. The predicted octanol–water partition coefficient (Wildman–Crippen LogP) is 5.85. The summed E-state index contributed by atoms with van der Waals surface area (Å²) in [6, 6.07) is 17.3. The van der Waals surface area contributed by atoms with Crippen molar-refractivity contribution in [2.24, 2.45) is 0 Å². The number of benzene rings is 3. The van der Waals surface area contributed by atoms with E-state index in [0.29, 0.717) is 53.9 Å². The fourth-order valence-corrected chi connectivity index (χ4v) is 5.25. The van der Waals surface area contributed by atoms with Gasteiger partial charge in [-0.05, 0) is 60.4 Å². The molecule has 41 heavy (non-hydrogen) atoms. The zero-order valence-corrected chi connectivity index (χ0v) is 24.4. The van der Waals surface area contributed by atoms with Crippen LogP contribution < -0.4 is 24.0 Å². The molecule has 1 amide bonds. The van der Waals surface area contributed by atoms with Crippen molar-refractivity contribution in [3.63, 3.8) is 0 Å². The second-order valence-electron chi connectivity index (χ2n) is 11.4. The summed E-state index contributed by atoms with van der Waals surface area (Å²) in [5.74, 6) is 0.0613. The van der Waals surface area contributed by atoms with Crippen molar-refractivity contribution in [3.05, 3.63) is 82.9 Å². The molecule has 8 heteroatoms. The van der Waals surface area contributed by atoms with E-state index in [0.717, 1.165) is 11.3 Å². The number of rotatable bonds is 6. The molecule has 0 radical (unpaired) electrons.